The van der Waals surface area contributed by atoms with Crippen LogP contribution >= 0.6 is 23.2 Å². The van der Waals surface area contributed by atoms with E-state index in [1.807, 2.05) is 0 Å². The molecule has 2 heterocycles. The Balaban J connectivity index is 0.000000344. The fraction of sp³-hybridized carbons (Fsp3) is 0.364. The van der Waals surface area contributed by atoms with Crippen molar-refractivity contribution >= 4 is 57.2 Å². The lowest BCUT2D eigenvalue weighted by Crippen LogP contribution is -2.33. The van der Waals surface area contributed by atoms with E-state index in [1.165, 1.54) is 68.9 Å². The number of hydrogen-bond acceptors (Lipinski definition) is 9. The summed E-state index contributed by atoms with van der Waals surface area (Å²) in [7, 11) is 2.19. The summed E-state index contributed by atoms with van der Waals surface area (Å²) >= 11 is 11.0. The van der Waals surface area contributed by atoms with Crippen LogP contribution in [-0.2, 0) is 21.7 Å². The molecule has 1 fully saturated rings. The van der Waals surface area contributed by atoms with Gasteiger partial charge in [0.2, 0.25) is 0 Å². The minimum Gasteiger partial charge on any atom is -0.398 e. The summed E-state index contributed by atoms with van der Waals surface area (Å²) in [6.07, 6.45) is 0.573. The second-order valence-electron chi connectivity index (χ2n) is 11.5. The van der Waals surface area contributed by atoms with Crippen molar-refractivity contribution in [1.29, 1.82) is 10.7 Å². The van der Waals surface area contributed by atoms with Crippen molar-refractivity contribution in [1.82, 2.24) is 15.2 Å². The minimum absolute atomic E-state index is 0.0137. The van der Waals surface area contributed by atoms with Crippen LogP contribution in [0.2, 0.25) is 5.02 Å². The van der Waals surface area contributed by atoms with Crippen molar-refractivity contribution in [3.63, 3.8) is 0 Å². The van der Waals surface area contributed by atoms with Gasteiger partial charge >= 0.3 is 12.1 Å². The van der Waals surface area contributed by atoms with Gasteiger partial charge in [-0.2, -0.15) is 27.2 Å². The zero-order valence-electron chi connectivity index (χ0n) is 27.4. The number of nitrogens with zero attached hydrogens (tertiary/aromatic N) is 3. The van der Waals surface area contributed by atoms with E-state index in [4.69, 9.17) is 45.3 Å². The van der Waals surface area contributed by atoms with Crippen LogP contribution < -0.4 is 16.8 Å². The van der Waals surface area contributed by atoms with Crippen LogP contribution in [0.1, 0.15) is 49.9 Å². The SMILES string of the molecule is CC(C)(O)CN/C=C(\C(=N)Cl)C(N)=O.CN1CCCCC1.N#Cc1ccc(C(F)(F)C=O)cc1.Nc1cc(C(F)(F)F)nc2ccc(Cl)cc12. The molecule has 50 heavy (non-hydrogen) atoms. The molecule has 272 valence electrons. The van der Waals surface area contributed by atoms with Gasteiger partial charge in [-0.25, -0.2) is 4.98 Å². The largest absolute Gasteiger partial charge is 0.433 e. The summed E-state index contributed by atoms with van der Waals surface area (Å²) in [6.45, 7) is 6.07. The molecule has 1 aliphatic rings. The highest BCUT2D eigenvalue weighted by atomic mass is 35.5. The van der Waals surface area contributed by atoms with Crippen LogP contribution in [0.4, 0.5) is 27.6 Å². The third kappa shape index (κ3) is 15.9. The number of nitrogens with one attached hydrogen (secondary N) is 2. The Labute approximate surface area is 296 Å². The molecule has 0 unspecified atom stereocenters. The molecule has 10 nitrogen and oxygen atoms in total. The number of anilines is 1. The number of carbonyl (C=O) groups excluding carboxylic acids is 2. The molecule has 0 bridgehead atoms. The third-order valence-electron chi connectivity index (χ3n) is 6.50. The van der Waals surface area contributed by atoms with Crippen molar-refractivity contribution in [2.45, 2.75) is 50.8 Å². The van der Waals surface area contributed by atoms with E-state index in [-0.39, 0.29) is 28.9 Å². The number of pyridine rings is 1. The molecule has 0 radical (unpaired) electrons. The number of likely N-dealkylation sites (tertiary alicyclic amines) is 1. The standard InChI is InChI=1S/C10H6ClF3N2.C9H5F2NO.C8H14ClN3O2.C6H13N/c11-5-1-2-8-6(3-5)7(15)4-9(16-8)10(12,13)14;10-9(11,6-13)8-3-1-7(5-12)2-4-8;1-8(2,14)4-12-3-5(6(9)10)7(11)13;1-7-5-3-2-4-6-7/h1-4H,(H2,15,16);1-4,6H;3,10,12,14H,4H2,1-2H3,(H2,11,13);2-6H2,1H3/b;;5-3+,10-6?;. The number of nitriles is 1. The Hall–Kier alpha value is -4.36. The second-order valence-corrected chi connectivity index (χ2v) is 12.3. The van der Waals surface area contributed by atoms with Crippen LogP contribution in [0.25, 0.3) is 10.9 Å². The number of amides is 1. The van der Waals surface area contributed by atoms with Crippen LogP contribution in [0.3, 0.4) is 0 Å². The van der Waals surface area contributed by atoms with E-state index in [9.17, 15) is 36.6 Å². The number of rotatable bonds is 7. The number of nitrogens with two attached hydrogens (primary N) is 2. The highest BCUT2D eigenvalue weighted by Crippen LogP contribution is 2.32. The van der Waals surface area contributed by atoms with Crippen LogP contribution in [0, 0.1) is 16.7 Å². The molecule has 7 N–H and O–H groups in total. The van der Waals surface area contributed by atoms with Gasteiger partial charge in [0.1, 0.15) is 10.9 Å². The number of primary amides is 1. The molecule has 2 aromatic carbocycles. The fourth-order valence-corrected chi connectivity index (χ4v) is 4.22. The summed E-state index contributed by atoms with van der Waals surface area (Å²) in [6, 6.07) is 11.6. The number of fused-ring (bicyclic) bond motifs is 1. The summed E-state index contributed by atoms with van der Waals surface area (Å²) in [5.74, 6) is -4.25. The van der Waals surface area contributed by atoms with Crippen LogP contribution in [-0.4, -0.2) is 64.6 Å². The van der Waals surface area contributed by atoms with Gasteiger partial charge < -0.3 is 26.8 Å². The van der Waals surface area contributed by atoms with Crippen LogP contribution in [0.15, 0.2) is 60.3 Å². The average Bonchev–Trinajstić information content (AvgIpc) is 3.03. The summed E-state index contributed by atoms with van der Waals surface area (Å²) in [5, 5.41) is 27.7. The monoisotopic (exact) mass is 745 g/mol. The van der Waals surface area contributed by atoms with Crippen molar-refractivity contribution < 1.29 is 36.6 Å². The van der Waals surface area contributed by atoms with E-state index in [1.54, 1.807) is 19.9 Å². The first-order valence-electron chi connectivity index (χ1n) is 14.8. The second kappa shape index (κ2) is 19.7. The topological polar surface area (TPSA) is 182 Å². The first kappa shape index (κ1) is 43.7. The number of aromatic nitrogens is 1. The lowest BCUT2D eigenvalue weighted by Gasteiger charge is -2.20. The third-order valence-corrected chi connectivity index (χ3v) is 6.94. The Bertz CT molecular complexity index is 1650. The van der Waals surface area contributed by atoms with E-state index in [0.717, 1.165) is 18.2 Å². The molecule has 0 spiro atoms. The van der Waals surface area contributed by atoms with Gasteiger partial charge in [0.25, 0.3) is 5.91 Å². The molecule has 0 atom stereocenters. The number of benzene rings is 2. The number of aldehydes is 1. The van der Waals surface area contributed by atoms with Crippen molar-refractivity contribution in [2.24, 2.45) is 5.73 Å². The molecular formula is C33H38Cl2F5N7O3. The minimum atomic E-state index is -4.50. The lowest BCUT2D eigenvalue weighted by atomic mass is 10.1. The Kier molecular flexibility index (Phi) is 17.2. The van der Waals surface area contributed by atoms with E-state index >= 15 is 0 Å². The van der Waals surface area contributed by atoms with Gasteiger partial charge in [-0.05, 0) is 83.2 Å². The predicted octanol–water partition coefficient (Wildman–Crippen LogP) is 6.37. The van der Waals surface area contributed by atoms with E-state index in [0.29, 0.717) is 10.4 Å². The Morgan fingerprint density at radius 3 is 2.10 bits per heavy atom. The van der Waals surface area contributed by atoms with Gasteiger partial charge in [0.05, 0.1) is 28.3 Å². The molecule has 1 aliphatic heterocycles. The summed E-state index contributed by atoms with van der Waals surface area (Å²) in [5.41, 5.74) is 8.53. The summed E-state index contributed by atoms with van der Waals surface area (Å²) < 4.78 is 62.6. The first-order valence-corrected chi connectivity index (χ1v) is 15.5. The van der Waals surface area contributed by atoms with Gasteiger partial charge in [0, 0.05) is 34.4 Å². The van der Waals surface area contributed by atoms with E-state index in [2.05, 4.69) is 22.2 Å². The molecular weight excluding hydrogens is 708 g/mol. The molecule has 0 aliphatic carbocycles. The number of carbonyl (C=O) groups is 2. The lowest BCUT2D eigenvalue weighted by molar-refractivity contribution is -0.140. The Morgan fingerprint density at radius 2 is 1.68 bits per heavy atom. The average molecular weight is 747 g/mol. The molecule has 17 heteroatoms. The molecule has 1 aromatic heterocycles. The molecule has 3 aromatic rings. The zero-order chi connectivity index (χ0) is 38.3. The quantitative estimate of drug-likeness (QED) is 0.0800. The molecule has 0 saturated carbocycles. The molecule has 4 rings (SSSR count). The number of alkyl halides is 5. The highest BCUT2D eigenvalue weighted by molar-refractivity contribution is 6.71. The van der Waals surface area contributed by atoms with Crippen LogP contribution in [0.5, 0.6) is 0 Å². The number of halogens is 7. The number of nitrogen functional groups attached to an aromatic ring is 1. The molecule has 1 saturated heterocycles. The highest BCUT2D eigenvalue weighted by Gasteiger charge is 2.33. The van der Waals surface area contributed by atoms with Crippen molar-refractivity contribution in [3.8, 4) is 6.07 Å². The van der Waals surface area contributed by atoms with E-state index < -0.39 is 46.3 Å². The van der Waals surface area contributed by atoms with Crippen molar-refractivity contribution in [2.75, 3.05) is 32.4 Å². The maximum absolute atomic E-state index is 12.7. The van der Waals surface area contributed by atoms with Crippen molar-refractivity contribution in [3.05, 3.63) is 82.1 Å². The zero-order valence-corrected chi connectivity index (χ0v) is 28.9. The normalized spacial score (nSPS) is 13.6. The van der Waals surface area contributed by atoms with Gasteiger partial charge in [-0.15, -0.1) is 0 Å². The number of piperidine rings is 1. The summed E-state index contributed by atoms with van der Waals surface area (Å²) in [4.78, 5) is 26.6. The number of aliphatic hydroxyl groups is 1. The van der Waals surface area contributed by atoms with Gasteiger partial charge in [-0.1, -0.05) is 41.8 Å². The van der Waals surface area contributed by atoms with Gasteiger partial charge in [0.15, 0.2) is 6.29 Å². The van der Waals surface area contributed by atoms with Gasteiger partial charge in [-0.3, -0.25) is 15.0 Å². The fourth-order valence-electron chi connectivity index (χ4n) is 3.90. The smallest absolute Gasteiger partial charge is 0.398 e. The maximum Gasteiger partial charge on any atom is 0.433 e. The Morgan fingerprint density at radius 1 is 1.10 bits per heavy atom. The first-order chi connectivity index (χ1) is 23.1. The predicted molar refractivity (Wildman–Crippen MR) is 184 cm³/mol. The number of hydrogen-bond donors (Lipinski definition) is 5. The maximum atomic E-state index is 12.7. The molecule has 1 amide bonds.